The van der Waals surface area contributed by atoms with E-state index in [0.717, 1.165) is 38.0 Å². The number of nitrogens with one attached hydrogen (secondary N) is 2. The van der Waals surface area contributed by atoms with E-state index >= 15 is 0 Å². The number of hydrogen-bond donors (Lipinski definition) is 2. The zero-order chi connectivity index (χ0) is 17.8. The first kappa shape index (κ1) is 21.5. The monoisotopic (exact) mass is 401 g/mol. The molecule has 2 fully saturated rings. The summed E-state index contributed by atoms with van der Waals surface area (Å²) in [6, 6.07) is 7.94. The van der Waals surface area contributed by atoms with Crippen molar-refractivity contribution in [1.82, 2.24) is 15.5 Å². The molecule has 4 atom stereocenters. The van der Waals surface area contributed by atoms with E-state index in [1.807, 2.05) is 24.3 Å². The van der Waals surface area contributed by atoms with E-state index < -0.39 is 0 Å². The van der Waals surface area contributed by atoms with Crippen LogP contribution in [0.3, 0.4) is 0 Å². The molecule has 2 saturated heterocycles. The summed E-state index contributed by atoms with van der Waals surface area (Å²) in [4.78, 5) is 15.1. The number of rotatable bonds is 4. The molecule has 1 aromatic rings. The van der Waals surface area contributed by atoms with Gasteiger partial charge in [0, 0.05) is 30.1 Å². The number of hydrogen-bond acceptors (Lipinski definition) is 4. The normalized spacial score (nSPS) is 28.0. The van der Waals surface area contributed by atoms with Crippen molar-refractivity contribution < 1.29 is 9.53 Å². The van der Waals surface area contributed by atoms with Gasteiger partial charge in [0.2, 0.25) is 5.91 Å². The molecule has 0 aromatic heterocycles. The largest absolute Gasteiger partial charge is 0.373 e. The Bertz CT molecular complexity index is 585. The zero-order valence-corrected chi connectivity index (χ0v) is 17.0. The number of likely N-dealkylation sites (N-methyl/N-ethyl adjacent to an activating group) is 1. The Hall–Kier alpha value is -0.850. The molecule has 1 aromatic carbocycles. The second kappa shape index (κ2) is 9.90. The highest BCUT2D eigenvalue weighted by atomic mass is 35.5. The lowest BCUT2D eigenvalue weighted by atomic mass is 9.91. The summed E-state index contributed by atoms with van der Waals surface area (Å²) in [7, 11) is 2.09. The topological polar surface area (TPSA) is 53.6 Å². The molecule has 26 heavy (non-hydrogen) atoms. The Morgan fingerprint density at radius 1 is 1.38 bits per heavy atom. The molecule has 5 nitrogen and oxygen atoms in total. The van der Waals surface area contributed by atoms with Gasteiger partial charge in [-0.1, -0.05) is 23.7 Å². The molecule has 0 spiro atoms. The highest BCUT2D eigenvalue weighted by Gasteiger charge is 2.32. The summed E-state index contributed by atoms with van der Waals surface area (Å²) in [6.07, 6.45) is 1.71. The number of morpholine rings is 1. The van der Waals surface area contributed by atoms with Crippen molar-refractivity contribution in [2.24, 2.45) is 5.92 Å². The summed E-state index contributed by atoms with van der Waals surface area (Å²) >= 11 is 6.04. The molecule has 0 aliphatic carbocycles. The molecular formula is C19H29Cl2N3O2. The van der Waals surface area contributed by atoms with Crippen LogP contribution in [0.2, 0.25) is 5.02 Å². The van der Waals surface area contributed by atoms with Crippen molar-refractivity contribution in [2.45, 2.75) is 38.0 Å². The first-order valence-corrected chi connectivity index (χ1v) is 9.50. The van der Waals surface area contributed by atoms with Crippen LogP contribution in [0.4, 0.5) is 0 Å². The summed E-state index contributed by atoms with van der Waals surface area (Å²) in [5, 5.41) is 7.37. The maximum atomic E-state index is 12.9. The van der Waals surface area contributed by atoms with Crippen molar-refractivity contribution in [1.29, 1.82) is 0 Å². The number of amides is 1. The first-order chi connectivity index (χ1) is 12.0. The number of piperidine rings is 1. The van der Waals surface area contributed by atoms with Crippen molar-refractivity contribution >= 4 is 29.9 Å². The highest BCUT2D eigenvalue weighted by Crippen LogP contribution is 2.25. The smallest absolute Gasteiger partial charge is 0.223 e. The average Bonchev–Trinajstić information content (AvgIpc) is 2.60. The highest BCUT2D eigenvalue weighted by molar-refractivity contribution is 6.30. The van der Waals surface area contributed by atoms with Crippen LogP contribution < -0.4 is 10.6 Å². The van der Waals surface area contributed by atoms with E-state index in [-0.39, 0.29) is 36.4 Å². The zero-order valence-electron chi connectivity index (χ0n) is 15.4. The van der Waals surface area contributed by atoms with E-state index in [0.29, 0.717) is 17.7 Å². The van der Waals surface area contributed by atoms with Crippen molar-refractivity contribution in [3.8, 4) is 0 Å². The van der Waals surface area contributed by atoms with Crippen molar-refractivity contribution in [3.05, 3.63) is 34.9 Å². The molecule has 2 unspecified atom stereocenters. The minimum absolute atomic E-state index is 0. The number of ether oxygens (including phenoxy) is 1. The van der Waals surface area contributed by atoms with Gasteiger partial charge in [-0.05, 0) is 51.1 Å². The lowest BCUT2D eigenvalue weighted by Gasteiger charge is -2.37. The van der Waals surface area contributed by atoms with Crippen LogP contribution in [0, 0.1) is 5.92 Å². The molecule has 2 N–H and O–H groups in total. The van der Waals surface area contributed by atoms with Crippen LogP contribution in [0.5, 0.6) is 0 Å². The van der Waals surface area contributed by atoms with E-state index in [2.05, 4.69) is 29.5 Å². The molecule has 3 rings (SSSR count). The van der Waals surface area contributed by atoms with Gasteiger partial charge in [-0.15, -0.1) is 12.4 Å². The predicted octanol–water partition coefficient (Wildman–Crippen LogP) is 2.64. The third-order valence-corrected chi connectivity index (χ3v) is 5.44. The predicted molar refractivity (Wildman–Crippen MR) is 107 cm³/mol. The van der Waals surface area contributed by atoms with Gasteiger partial charge in [0.1, 0.15) is 0 Å². The van der Waals surface area contributed by atoms with E-state index in [4.69, 9.17) is 16.3 Å². The van der Waals surface area contributed by atoms with Gasteiger partial charge >= 0.3 is 0 Å². The first-order valence-electron chi connectivity index (χ1n) is 9.12. The average molecular weight is 402 g/mol. The van der Waals surface area contributed by atoms with Crippen LogP contribution in [-0.2, 0) is 9.53 Å². The lowest BCUT2D eigenvalue weighted by molar-refractivity contribution is -0.129. The van der Waals surface area contributed by atoms with Crippen molar-refractivity contribution in [2.75, 3.05) is 33.3 Å². The number of halogens is 2. The summed E-state index contributed by atoms with van der Waals surface area (Å²) in [6.45, 7) is 5.44. The van der Waals surface area contributed by atoms with Crippen LogP contribution in [0.15, 0.2) is 24.3 Å². The second-order valence-electron chi connectivity index (χ2n) is 7.29. The number of carbonyl (C=O) groups excluding carboxylic acids is 1. The maximum Gasteiger partial charge on any atom is 0.223 e. The lowest BCUT2D eigenvalue weighted by Crippen LogP contribution is -2.50. The van der Waals surface area contributed by atoms with Gasteiger partial charge in [0.25, 0.3) is 0 Å². The standard InChI is InChI=1S/C19H28ClN3O2.ClH/c1-13-11-15(7-8-21-13)19(24)22-18(14-3-5-16(20)6-4-14)17-12-23(2)9-10-25-17;/h3-6,13,15,17-18,21H,7-12H2,1-2H3,(H,22,24);1H/t13-,15-,17?,18?;/m0./s1. The van der Waals surface area contributed by atoms with Crippen LogP contribution in [-0.4, -0.2) is 56.2 Å². The fraction of sp³-hybridized carbons (Fsp3) is 0.632. The number of nitrogens with zero attached hydrogens (tertiary/aromatic N) is 1. The molecule has 7 heteroatoms. The Morgan fingerprint density at radius 3 is 2.77 bits per heavy atom. The van der Waals surface area contributed by atoms with Crippen molar-refractivity contribution in [3.63, 3.8) is 0 Å². The molecule has 146 valence electrons. The summed E-state index contributed by atoms with van der Waals surface area (Å²) in [5.74, 6) is 0.192. The third-order valence-electron chi connectivity index (χ3n) is 5.19. The fourth-order valence-corrected chi connectivity index (χ4v) is 3.84. The van der Waals surface area contributed by atoms with Crippen LogP contribution >= 0.6 is 24.0 Å². The molecular weight excluding hydrogens is 373 g/mol. The summed E-state index contributed by atoms with van der Waals surface area (Å²) in [5.41, 5.74) is 1.04. The molecule has 1 amide bonds. The van der Waals surface area contributed by atoms with Gasteiger partial charge in [0.15, 0.2) is 0 Å². The van der Waals surface area contributed by atoms with Gasteiger partial charge in [-0.2, -0.15) is 0 Å². The Labute approximate surface area is 167 Å². The van der Waals surface area contributed by atoms with E-state index in [1.165, 1.54) is 0 Å². The van der Waals surface area contributed by atoms with Crippen LogP contribution in [0.1, 0.15) is 31.4 Å². The fourth-order valence-electron chi connectivity index (χ4n) is 3.71. The van der Waals surface area contributed by atoms with E-state index in [1.54, 1.807) is 0 Å². The quantitative estimate of drug-likeness (QED) is 0.813. The van der Waals surface area contributed by atoms with Gasteiger partial charge < -0.3 is 20.3 Å². The Balaban J connectivity index is 0.00000243. The molecule has 0 bridgehead atoms. The molecule has 2 aliphatic heterocycles. The minimum atomic E-state index is -0.155. The SMILES string of the molecule is C[C@H]1C[C@@H](C(=O)NC(c2ccc(Cl)cc2)C2CN(C)CCO2)CCN1.Cl. The Kier molecular flexibility index (Phi) is 8.17. The van der Waals surface area contributed by atoms with Gasteiger partial charge in [0.05, 0.1) is 18.8 Å². The molecule has 0 radical (unpaired) electrons. The molecule has 0 saturated carbocycles. The molecule has 2 heterocycles. The van der Waals surface area contributed by atoms with Gasteiger partial charge in [-0.25, -0.2) is 0 Å². The summed E-state index contributed by atoms with van der Waals surface area (Å²) < 4.78 is 6.00. The Morgan fingerprint density at radius 2 is 2.12 bits per heavy atom. The van der Waals surface area contributed by atoms with Crippen LogP contribution in [0.25, 0.3) is 0 Å². The minimum Gasteiger partial charge on any atom is -0.373 e. The number of benzene rings is 1. The maximum absolute atomic E-state index is 12.9. The van der Waals surface area contributed by atoms with Gasteiger partial charge in [-0.3, -0.25) is 4.79 Å². The second-order valence-corrected chi connectivity index (χ2v) is 7.72. The third kappa shape index (κ3) is 5.57. The van der Waals surface area contributed by atoms with E-state index in [9.17, 15) is 4.79 Å². The number of carbonyl (C=O) groups is 1. The molecule has 2 aliphatic rings.